The summed E-state index contributed by atoms with van der Waals surface area (Å²) in [5.74, 6) is 0.234. The van der Waals surface area contributed by atoms with Gasteiger partial charge < -0.3 is 16.6 Å². The number of nitrogens with two attached hydrogens (primary N) is 2. The van der Waals surface area contributed by atoms with Gasteiger partial charge in [-0.05, 0) is 56.4 Å². The number of phenolic OH excluding ortho intramolecular Hbond substituents is 1. The minimum atomic E-state index is -0.00244. The van der Waals surface area contributed by atoms with E-state index in [1.807, 2.05) is 50.3 Å². The third kappa shape index (κ3) is 4.85. The predicted molar refractivity (Wildman–Crippen MR) is 114 cm³/mol. The van der Waals surface area contributed by atoms with Crippen molar-refractivity contribution in [3.8, 4) is 16.9 Å². The molecule has 1 saturated carbocycles. The summed E-state index contributed by atoms with van der Waals surface area (Å²) in [7, 11) is 0. The first-order valence-electron chi connectivity index (χ1n) is 9.61. The summed E-state index contributed by atoms with van der Waals surface area (Å²) in [5.41, 5.74) is 17.1. The number of rotatable bonds is 4. The molecule has 2 atom stereocenters. The molecule has 2 aromatic carbocycles. The van der Waals surface area contributed by atoms with Crippen molar-refractivity contribution in [1.82, 2.24) is 0 Å². The van der Waals surface area contributed by atoms with Crippen molar-refractivity contribution in [2.45, 2.75) is 51.2 Å². The first-order valence-corrected chi connectivity index (χ1v) is 9.61. The van der Waals surface area contributed by atoms with Crippen LogP contribution in [-0.4, -0.2) is 29.4 Å². The fraction of sp³-hybridized carbons (Fsp3) is 0.348. The van der Waals surface area contributed by atoms with E-state index >= 15 is 0 Å². The quantitative estimate of drug-likeness (QED) is 0.715. The second kappa shape index (κ2) is 8.51. The molecule has 1 aliphatic rings. The number of phenols is 1. The Kier molecular flexibility index (Phi) is 6.09. The standard InChI is InChI=1S/C23H29N3O/c1-15(2)26-14-20-11-17(16-6-4-3-5-7-16)10-19(23(20)27)12-18-13-21(24)8-9-22(18)25/h3-7,10-12,14-15,21-22,27H,8-9,13,24-25H2,1-2H3. The van der Waals surface area contributed by atoms with Gasteiger partial charge in [-0.2, -0.15) is 0 Å². The molecule has 0 aliphatic heterocycles. The number of benzene rings is 2. The normalized spacial score (nSPS) is 22.0. The van der Waals surface area contributed by atoms with Crippen molar-refractivity contribution in [3.05, 3.63) is 59.2 Å². The Labute approximate surface area is 161 Å². The van der Waals surface area contributed by atoms with Crippen LogP contribution in [0.25, 0.3) is 17.2 Å². The molecule has 0 amide bonds. The fourth-order valence-electron chi connectivity index (χ4n) is 3.42. The van der Waals surface area contributed by atoms with Gasteiger partial charge in [0.2, 0.25) is 0 Å². The van der Waals surface area contributed by atoms with E-state index in [9.17, 15) is 5.11 Å². The van der Waals surface area contributed by atoms with Crippen molar-refractivity contribution >= 4 is 12.3 Å². The van der Waals surface area contributed by atoms with Gasteiger partial charge in [0.05, 0.1) is 0 Å². The molecule has 1 aliphatic carbocycles. The van der Waals surface area contributed by atoms with Crippen LogP contribution < -0.4 is 11.5 Å². The summed E-state index contributed by atoms with van der Waals surface area (Å²) in [4.78, 5) is 4.45. The van der Waals surface area contributed by atoms with E-state index in [4.69, 9.17) is 11.5 Å². The second-order valence-corrected chi connectivity index (χ2v) is 7.61. The molecular formula is C23H29N3O. The molecule has 27 heavy (non-hydrogen) atoms. The summed E-state index contributed by atoms with van der Waals surface area (Å²) >= 11 is 0. The summed E-state index contributed by atoms with van der Waals surface area (Å²) in [6.45, 7) is 4.03. The minimum Gasteiger partial charge on any atom is -0.507 e. The summed E-state index contributed by atoms with van der Waals surface area (Å²) in [6, 6.07) is 14.4. The summed E-state index contributed by atoms with van der Waals surface area (Å²) in [6.07, 6.45) is 6.36. The molecule has 1 fully saturated rings. The van der Waals surface area contributed by atoms with Crippen LogP contribution in [0, 0.1) is 0 Å². The van der Waals surface area contributed by atoms with Crippen LogP contribution in [0.1, 0.15) is 44.2 Å². The van der Waals surface area contributed by atoms with Crippen molar-refractivity contribution in [2.75, 3.05) is 0 Å². The second-order valence-electron chi connectivity index (χ2n) is 7.61. The molecule has 142 valence electrons. The number of hydrogen-bond acceptors (Lipinski definition) is 4. The van der Waals surface area contributed by atoms with Gasteiger partial charge in [0.25, 0.3) is 0 Å². The molecule has 0 bridgehead atoms. The van der Waals surface area contributed by atoms with Crippen molar-refractivity contribution in [2.24, 2.45) is 16.5 Å². The van der Waals surface area contributed by atoms with Gasteiger partial charge >= 0.3 is 0 Å². The van der Waals surface area contributed by atoms with Crippen molar-refractivity contribution in [3.63, 3.8) is 0 Å². The lowest BCUT2D eigenvalue weighted by atomic mass is 9.85. The number of nitrogens with zero attached hydrogens (tertiary/aromatic N) is 1. The lowest BCUT2D eigenvalue weighted by Crippen LogP contribution is -2.35. The lowest BCUT2D eigenvalue weighted by Gasteiger charge is -2.26. The van der Waals surface area contributed by atoms with Gasteiger partial charge in [0.1, 0.15) is 5.75 Å². The Morgan fingerprint density at radius 1 is 1.04 bits per heavy atom. The predicted octanol–water partition coefficient (Wildman–Crippen LogP) is 4.11. The highest BCUT2D eigenvalue weighted by Gasteiger charge is 2.21. The van der Waals surface area contributed by atoms with Gasteiger partial charge in [-0.3, -0.25) is 4.99 Å². The zero-order chi connectivity index (χ0) is 19.4. The smallest absolute Gasteiger partial charge is 0.131 e. The average Bonchev–Trinajstić information content (AvgIpc) is 2.66. The van der Waals surface area contributed by atoms with E-state index in [0.717, 1.165) is 41.5 Å². The lowest BCUT2D eigenvalue weighted by molar-refractivity contribution is 0.470. The number of aliphatic imine (C=N–C) groups is 1. The van der Waals surface area contributed by atoms with E-state index in [1.165, 1.54) is 0 Å². The third-order valence-corrected chi connectivity index (χ3v) is 4.95. The van der Waals surface area contributed by atoms with Gasteiger partial charge in [-0.25, -0.2) is 0 Å². The molecule has 5 N–H and O–H groups in total. The molecule has 2 unspecified atom stereocenters. The minimum absolute atomic E-state index is 0.00244. The molecule has 0 aromatic heterocycles. The monoisotopic (exact) mass is 363 g/mol. The molecule has 3 rings (SSSR count). The van der Waals surface area contributed by atoms with Crippen LogP contribution in [0.5, 0.6) is 5.75 Å². The molecule has 0 spiro atoms. The molecular weight excluding hydrogens is 334 g/mol. The average molecular weight is 364 g/mol. The third-order valence-electron chi connectivity index (χ3n) is 4.95. The Morgan fingerprint density at radius 3 is 2.44 bits per heavy atom. The number of hydrogen-bond donors (Lipinski definition) is 3. The first kappa shape index (κ1) is 19.3. The maximum atomic E-state index is 10.8. The van der Waals surface area contributed by atoms with Crippen LogP contribution in [0.2, 0.25) is 0 Å². The summed E-state index contributed by atoms with van der Waals surface area (Å²) < 4.78 is 0. The highest BCUT2D eigenvalue weighted by atomic mass is 16.3. The number of aromatic hydroxyl groups is 1. The maximum absolute atomic E-state index is 10.8. The molecule has 0 saturated heterocycles. The van der Waals surface area contributed by atoms with Gasteiger partial charge in [0.15, 0.2) is 0 Å². The molecule has 2 aromatic rings. The first-order chi connectivity index (χ1) is 12.9. The van der Waals surface area contributed by atoms with E-state index < -0.39 is 0 Å². The van der Waals surface area contributed by atoms with E-state index in [1.54, 1.807) is 6.21 Å². The Bertz CT molecular complexity index is 840. The molecule has 4 heteroatoms. The van der Waals surface area contributed by atoms with Gasteiger partial charge in [-0.1, -0.05) is 42.0 Å². The topological polar surface area (TPSA) is 84.6 Å². The highest BCUT2D eigenvalue weighted by Crippen LogP contribution is 2.33. The van der Waals surface area contributed by atoms with Crippen LogP contribution in [-0.2, 0) is 0 Å². The zero-order valence-electron chi connectivity index (χ0n) is 16.1. The fourth-order valence-corrected chi connectivity index (χ4v) is 3.42. The van der Waals surface area contributed by atoms with Crippen molar-refractivity contribution < 1.29 is 5.11 Å². The summed E-state index contributed by atoms with van der Waals surface area (Å²) in [5, 5.41) is 10.8. The molecule has 0 radical (unpaired) electrons. The van der Waals surface area contributed by atoms with Crippen LogP contribution in [0.3, 0.4) is 0 Å². The van der Waals surface area contributed by atoms with Crippen LogP contribution >= 0.6 is 0 Å². The van der Waals surface area contributed by atoms with E-state index in [-0.39, 0.29) is 23.9 Å². The SMILES string of the molecule is CC(C)N=Cc1cc(-c2ccccc2)cc(C=C2CC(N)CCC2N)c1O. The highest BCUT2D eigenvalue weighted by molar-refractivity contribution is 5.89. The maximum Gasteiger partial charge on any atom is 0.131 e. The van der Waals surface area contributed by atoms with Crippen LogP contribution in [0.15, 0.2) is 53.0 Å². The van der Waals surface area contributed by atoms with Crippen molar-refractivity contribution in [1.29, 1.82) is 0 Å². The molecule has 4 nitrogen and oxygen atoms in total. The zero-order valence-corrected chi connectivity index (χ0v) is 16.1. The van der Waals surface area contributed by atoms with E-state index in [0.29, 0.717) is 5.56 Å². The van der Waals surface area contributed by atoms with Gasteiger partial charge in [-0.15, -0.1) is 0 Å². The molecule has 0 heterocycles. The Hall–Kier alpha value is -2.43. The Morgan fingerprint density at radius 2 is 1.74 bits per heavy atom. The van der Waals surface area contributed by atoms with E-state index in [2.05, 4.69) is 17.1 Å². The van der Waals surface area contributed by atoms with Crippen LogP contribution in [0.4, 0.5) is 0 Å². The van der Waals surface area contributed by atoms with Gasteiger partial charge in [0, 0.05) is 35.5 Å². The largest absolute Gasteiger partial charge is 0.507 e. The Balaban J connectivity index is 2.10.